The molecule has 0 heterocycles. The number of methoxy groups -OCH3 is 1. The van der Waals surface area contributed by atoms with E-state index < -0.39 is 0 Å². The summed E-state index contributed by atoms with van der Waals surface area (Å²) in [4.78, 5) is 0. The van der Waals surface area contributed by atoms with Crippen LogP contribution in [0.1, 0.15) is 12.0 Å². The summed E-state index contributed by atoms with van der Waals surface area (Å²) < 4.78 is 16.4. The lowest BCUT2D eigenvalue weighted by molar-refractivity contribution is 0.246. The summed E-state index contributed by atoms with van der Waals surface area (Å²) in [5.74, 6) is 2.52. The highest BCUT2D eigenvalue weighted by Crippen LogP contribution is 2.22. The minimum Gasteiger partial charge on any atom is -0.497 e. The van der Waals surface area contributed by atoms with E-state index in [0.29, 0.717) is 13.2 Å². The Morgan fingerprint density at radius 3 is 2.24 bits per heavy atom. The molecular weight excluding hydrogens is 288 g/mol. The van der Waals surface area contributed by atoms with Gasteiger partial charge in [0, 0.05) is 11.4 Å². The molecule has 3 nitrogen and oxygen atoms in total. The highest BCUT2D eigenvalue weighted by molar-refractivity contribution is 6.30. The summed E-state index contributed by atoms with van der Waals surface area (Å²) in [6.45, 7) is 3.20. The molecule has 0 bridgehead atoms. The van der Waals surface area contributed by atoms with Gasteiger partial charge in [-0.25, -0.2) is 0 Å². The van der Waals surface area contributed by atoms with Crippen molar-refractivity contribution in [2.75, 3.05) is 20.3 Å². The van der Waals surface area contributed by atoms with Crippen LogP contribution in [0.25, 0.3) is 0 Å². The first-order valence-electron chi connectivity index (χ1n) is 6.85. The fourth-order valence-electron chi connectivity index (χ4n) is 1.88. The van der Waals surface area contributed by atoms with E-state index in [2.05, 4.69) is 0 Å². The van der Waals surface area contributed by atoms with Crippen molar-refractivity contribution in [3.63, 3.8) is 0 Å². The normalized spacial score (nSPS) is 10.2. The molecule has 0 fully saturated rings. The maximum Gasteiger partial charge on any atom is 0.122 e. The maximum atomic E-state index is 5.91. The van der Waals surface area contributed by atoms with Crippen LogP contribution in [0.3, 0.4) is 0 Å². The summed E-state index contributed by atoms with van der Waals surface area (Å²) in [5.41, 5.74) is 1.04. The highest BCUT2D eigenvalue weighted by atomic mass is 35.5. The molecule has 0 aliphatic rings. The number of aryl methyl sites for hydroxylation is 1. The van der Waals surface area contributed by atoms with E-state index in [9.17, 15) is 0 Å². The largest absolute Gasteiger partial charge is 0.497 e. The Balaban J connectivity index is 1.69. The molecule has 0 N–H and O–H groups in total. The molecule has 2 aromatic rings. The van der Waals surface area contributed by atoms with E-state index in [1.54, 1.807) is 7.11 Å². The molecule has 0 aliphatic carbocycles. The van der Waals surface area contributed by atoms with Gasteiger partial charge in [-0.2, -0.15) is 0 Å². The molecule has 2 rings (SSSR count). The number of hydrogen-bond acceptors (Lipinski definition) is 3. The minimum absolute atomic E-state index is 0.610. The van der Waals surface area contributed by atoms with Gasteiger partial charge in [-0.3, -0.25) is 0 Å². The van der Waals surface area contributed by atoms with Crippen molar-refractivity contribution in [1.29, 1.82) is 0 Å². The van der Waals surface area contributed by atoms with Gasteiger partial charge < -0.3 is 14.2 Å². The number of rotatable bonds is 7. The van der Waals surface area contributed by atoms with Crippen LogP contribution in [0, 0.1) is 6.92 Å². The Morgan fingerprint density at radius 1 is 0.905 bits per heavy atom. The number of hydrogen-bond donors (Lipinski definition) is 0. The van der Waals surface area contributed by atoms with E-state index in [1.807, 2.05) is 49.4 Å². The molecule has 0 spiro atoms. The highest BCUT2D eigenvalue weighted by Gasteiger charge is 2.00. The molecule has 0 atom stereocenters. The Bertz CT molecular complexity index is 567. The van der Waals surface area contributed by atoms with Gasteiger partial charge >= 0.3 is 0 Å². The predicted molar refractivity (Wildman–Crippen MR) is 84.8 cm³/mol. The third-order valence-corrected chi connectivity index (χ3v) is 3.25. The maximum absolute atomic E-state index is 5.91. The summed E-state index contributed by atoms with van der Waals surface area (Å²) in [5, 5.41) is 0.725. The zero-order valence-electron chi connectivity index (χ0n) is 12.3. The van der Waals surface area contributed by atoms with Crippen LogP contribution >= 0.6 is 11.6 Å². The number of ether oxygens (including phenoxy) is 3. The van der Waals surface area contributed by atoms with Gasteiger partial charge in [0.05, 0.1) is 20.3 Å². The summed E-state index contributed by atoms with van der Waals surface area (Å²) >= 11 is 5.91. The molecule has 0 aliphatic heterocycles. The Hall–Kier alpha value is -1.87. The van der Waals surface area contributed by atoms with Crippen LogP contribution < -0.4 is 14.2 Å². The Kier molecular flexibility index (Phi) is 5.76. The predicted octanol–water partition coefficient (Wildman–Crippen LogP) is 4.50. The second-order valence-corrected chi connectivity index (χ2v) is 5.07. The van der Waals surface area contributed by atoms with Crippen LogP contribution in [0.5, 0.6) is 17.2 Å². The summed E-state index contributed by atoms with van der Waals surface area (Å²) in [6.07, 6.45) is 0.814. The zero-order valence-corrected chi connectivity index (χ0v) is 13.0. The molecule has 0 radical (unpaired) electrons. The summed E-state index contributed by atoms with van der Waals surface area (Å²) in [7, 11) is 1.64. The molecule has 0 aromatic heterocycles. The molecule has 21 heavy (non-hydrogen) atoms. The molecule has 2 aromatic carbocycles. The van der Waals surface area contributed by atoms with Crippen molar-refractivity contribution in [2.24, 2.45) is 0 Å². The lowest BCUT2D eigenvalue weighted by Gasteiger charge is -2.10. The standard InChI is InChI=1S/C17H19ClO3/c1-13-12-14(18)4-9-17(13)21-11-3-10-20-16-7-5-15(19-2)6-8-16/h4-9,12H,3,10-11H2,1-2H3. The molecule has 4 heteroatoms. The average molecular weight is 307 g/mol. The minimum atomic E-state index is 0.610. The fraction of sp³-hybridized carbons (Fsp3) is 0.294. The van der Waals surface area contributed by atoms with Crippen molar-refractivity contribution in [1.82, 2.24) is 0 Å². The molecule has 0 amide bonds. The summed E-state index contributed by atoms with van der Waals surface area (Å²) in [6, 6.07) is 13.2. The first kappa shape index (κ1) is 15.5. The van der Waals surface area contributed by atoms with Gasteiger partial charge in [-0.05, 0) is 55.0 Å². The number of benzene rings is 2. The topological polar surface area (TPSA) is 27.7 Å². The van der Waals surface area contributed by atoms with Crippen molar-refractivity contribution in [2.45, 2.75) is 13.3 Å². The lowest BCUT2D eigenvalue weighted by Crippen LogP contribution is -2.05. The lowest BCUT2D eigenvalue weighted by atomic mass is 10.2. The van der Waals surface area contributed by atoms with E-state index in [1.165, 1.54) is 0 Å². The monoisotopic (exact) mass is 306 g/mol. The first-order chi connectivity index (χ1) is 10.2. The molecule has 112 valence electrons. The zero-order chi connectivity index (χ0) is 15.1. The van der Waals surface area contributed by atoms with Gasteiger partial charge in [0.15, 0.2) is 0 Å². The third-order valence-electron chi connectivity index (χ3n) is 3.01. The van der Waals surface area contributed by atoms with Crippen LogP contribution in [0.4, 0.5) is 0 Å². The van der Waals surface area contributed by atoms with Gasteiger partial charge in [0.25, 0.3) is 0 Å². The van der Waals surface area contributed by atoms with Crippen molar-refractivity contribution >= 4 is 11.6 Å². The second kappa shape index (κ2) is 7.79. The average Bonchev–Trinajstić information content (AvgIpc) is 2.49. The Labute approximate surface area is 130 Å². The van der Waals surface area contributed by atoms with Crippen LogP contribution in [-0.2, 0) is 0 Å². The number of halogens is 1. The van der Waals surface area contributed by atoms with Gasteiger partial charge in [-0.1, -0.05) is 11.6 Å². The van der Waals surface area contributed by atoms with Crippen molar-refractivity contribution < 1.29 is 14.2 Å². The Morgan fingerprint density at radius 2 is 1.57 bits per heavy atom. The smallest absolute Gasteiger partial charge is 0.122 e. The molecular formula is C17H19ClO3. The van der Waals surface area contributed by atoms with Crippen LogP contribution in [-0.4, -0.2) is 20.3 Å². The molecule has 0 saturated carbocycles. The van der Waals surface area contributed by atoms with Crippen LogP contribution in [0.15, 0.2) is 42.5 Å². The van der Waals surface area contributed by atoms with E-state index >= 15 is 0 Å². The van der Waals surface area contributed by atoms with Crippen LogP contribution in [0.2, 0.25) is 5.02 Å². The van der Waals surface area contributed by atoms with E-state index in [0.717, 1.165) is 34.3 Å². The van der Waals surface area contributed by atoms with E-state index in [-0.39, 0.29) is 0 Å². The van der Waals surface area contributed by atoms with Crippen molar-refractivity contribution in [3.05, 3.63) is 53.1 Å². The first-order valence-corrected chi connectivity index (χ1v) is 7.22. The van der Waals surface area contributed by atoms with Crippen molar-refractivity contribution in [3.8, 4) is 17.2 Å². The SMILES string of the molecule is COc1ccc(OCCCOc2ccc(Cl)cc2C)cc1. The van der Waals surface area contributed by atoms with E-state index in [4.69, 9.17) is 25.8 Å². The third kappa shape index (κ3) is 4.87. The van der Waals surface area contributed by atoms with Gasteiger partial charge in [-0.15, -0.1) is 0 Å². The van der Waals surface area contributed by atoms with Gasteiger partial charge in [0.2, 0.25) is 0 Å². The quantitative estimate of drug-likeness (QED) is 0.705. The molecule has 0 saturated heterocycles. The van der Waals surface area contributed by atoms with Gasteiger partial charge in [0.1, 0.15) is 17.2 Å². The molecule has 0 unspecified atom stereocenters. The second-order valence-electron chi connectivity index (χ2n) is 4.64. The fourth-order valence-corrected chi connectivity index (χ4v) is 2.10.